The zero-order valence-corrected chi connectivity index (χ0v) is 35.3. The topological polar surface area (TPSA) is 76.7 Å². The van der Waals surface area contributed by atoms with Gasteiger partial charge in [-0.3, -0.25) is 0 Å². The summed E-state index contributed by atoms with van der Waals surface area (Å²) in [7, 11) is 0. The van der Waals surface area contributed by atoms with Crippen molar-refractivity contribution in [2.75, 3.05) is 0 Å². The summed E-state index contributed by atoms with van der Waals surface area (Å²) in [6.07, 6.45) is 0. The van der Waals surface area contributed by atoms with Crippen molar-refractivity contribution in [2.24, 2.45) is 0 Å². The van der Waals surface area contributed by atoms with E-state index < -0.39 is 0 Å². The zero-order chi connectivity index (χ0) is 44.1. The SMILES string of the molecule is [C-]#[N+]c1cc(C#N)ccc1-c1ccc2c(c1)c1ccccc1n2-c1ccc(-c2ccccc2-n2c3ccccc3c3ccccc32)cc1-c1nc(-c2ccccc2)nc(-c2ccccc2)n1. The summed E-state index contributed by atoms with van der Waals surface area (Å²) in [5.41, 5.74) is 13.5. The molecule has 0 saturated heterocycles. The maximum absolute atomic E-state index is 9.59. The van der Waals surface area contributed by atoms with E-state index in [4.69, 9.17) is 21.5 Å². The second-order valence-corrected chi connectivity index (χ2v) is 16.2. The Hall–Kier alpha value is -9.43. The van der Waals surface area contributed by atoms with Gasteiger partial charge in [-0.1, -0.05) is 152 Å². The van der Waals surface area contributed by atoms with Gasteiger partial charge >= 0.3 is 0 Å². The molecule has 0 spiro atoms. The molecule has 0 bridgehead atoms. The molecular weight excluding hydrogens is 807 g/mol. The molecule has 0 N–H and O–H groups in total. The van der Waals surface area contributed by atoms with Gasteiger partial charge < -0.3 is 9.13 Å². The van der Waals surface area contributed by atoms with Crippen LogP contribution in [-0.2, 0) is 0 Å². The minimum atomic E-state index is 0.439. The summed E-state index contributed by atoms with van der Waals surface area (Å²) >= 11 is 0. The van der Waals surface area contributed by atoms with Gasteiger partial charge in [-0.25, -0.2) is 19.8 Å². The summed E-state index contributed by atoms with van der Waals surface area (Å²) in [4.78, 5) is 19.5. The van der Waals surface area contributed by atoms with Crippen LogP contribution in [0.15, 0.2) is 212 Å². The molecule has 0 atom stereocenters. The summed E-state index contributed by atoms with van der Waals surface area (Å²) in [6, 6.07) is 74.8. The molecule has 12 rings (SSSR count). The van der Waals surface area contributed by atoms with E-state index in [1.807, 2.05) is 66.7 Å². The Kier molecular flexibility index (Phi) is 9.12. The standard InChI is InChI=1S/C59H35N7/c1-61-50-34-38(37-60)28-31-43(50)41-29-32-55-48(35-41)47-23-11-15-27-54(47)66(55)56-33-30-42(44-20-8-12-24-51(44)65-52-25-13-9-21-45(52)46-22-10-14-26-53(46)65)36-49(56)59-63-57(39-16-4-2-5-17-39)62-58(64-59)40-18-6-3-7-19-40/h2-36H. The van der Waals surface area contributed by atoms with Crippen LogP contribution in [0.5, 0.6) is 0 Å². The average molecular weight is 842 g/mol. The molecule has 9 aromatic carbocycles. The predicted molar refractivity (Wildman–Crippen MR) is 267 cm³/mol. The smallest absolute Gasteiger partial charge is 0.196 e. The van der Waals surface area contributed by atoms with E-state index in [9.17, 15) is 5.26 Å². The van der Waals surface area contributed by atoms with Crippen molar-refractivity contribution in [2.45, 2.75) is 0 Å². The number of aromatic nitrogens is 5. The maximum Gasteiger partial charge on any atom is 0.196 e. The first-order valence-electron chi connectivity index (χ1n) is 21.7. The Labute approximate surface area is 380 Å². The Morgan fingerprint density at radius 1 is 0.379 bits per heavy atom. The number of para-hydroxylation sites is 4. The summed E-state index contributed by atoms with van der Waals surface area (Å²) in [6.45, 7) is 7.96. The quantitative estimate of drug-likeness (QED) is 0.150. The fraction of sp³-hybridized carbons (Fsp3) is 0. The van der Waals surface area contributed by atoms with Crippen LogP contribution in [0.2, 0.25) is 0 Å². The van der Waals surface area contributed by atoms with Crippen molar-refractivity contribution in [1.29, 1.82) is 5.26 Å². The highest BCUT2D eigenvalue weighted by atomic mass is 15.1. The van der Waals surface area contributed by atoms with E-state index >= 15 is 0 Å². The first kappa shape index (κ1) is 38.3. The normalized spacial score (nSPS) is 11.3. The van der Waals surface area contributed by atoms with E-state index in [0.717, 1.165) is 83.2 Å². The highest BCUT2D eigenvalue weighted by molar-refractivity contribution is 6.12. The highest BCUT2D eigenvalue weighted by Gasteiger charge is 2.23. The molecule has 306 valence electrons. The first-order chi connectivity index (χ1) is 32.6. The Morgan fingerprint density at radius 3 is 1.47 bits per heavy atom. The van der Waals surface area contributed by atoms with Crippen LogP contribution in [0.4, 0.5) is 5.69 Å². The van der Waals surface area contributed by atoms with Crippen LogP contribution < -0.4 is 0 Å². The van der Waals surface area contributed by atoms with Gasteiger partial charge in [0.25, 0.3) is 0 Å². The first-order valence-corrected chi connectivity index (χ1v) is 21.7. The number of benzene rings is 9. The molecule has 0 unspecified atom stereocenters. The lowest BCUT2D eigenvalue weighted by molar-refractivity contribution is 1.06. The lowest BCUT2D eigenvalue weighted by Crippen LogP contribution is -2.04. The maximum atomic E-state index is 9.59. The van der Waals surface area contributed by atoms with Crippen molar-refractivity contribution >= 4 is 49.3 Å². The number of fused-ring (bicyclic) bond motifs is 6. The van der Waals surface area contributed by atoms with Crippen LogP contribution in [0, 0.1) is 17.9 Å². The number of nitriles is 1. The second kappa shape index (κ2) is 15.7. The molecule has 66 heavy (non-hydrogen) atoms. The molecule has 3 heterocycles. The number of hydrogen-bond donors (Lipinski definition) is 0. The summed E-state index contributed by atoms with van der Waals surface area (Å²) in [5.74, 6) is 1.69. The summed E-state index contributed by atoms with van der Waals surface area (Å²) in [5, 5.41) is 14.1. The second-order valence-electron chi connectivity index (χ2n) is 16.2. The van der Waals surface area contributed by atoms with Crippen LogP contribution >= 0.6 is 0 Å². The average Bonchev–Trinajstić information content (AvgIpc) is 3.91. The fourth-order valence-electron chi connectivity index (χ4n) is 9.44. The van der Waals surface area contributed by atoms with Gasteiger partial charge in [-0.05, 0) is 77.4 Å². The third kappa shape index (κ3) is 6.31. The van der Waals surface area contributed by atoms with Gasteiger partial charge in [-0.15, -0.1) is 0 Å². The third-order valence-electron chi connectivity index (χ3n) is 12.4. The van der Waals surface area contributed by atoms with Gasteiger partial charge in [0.15, 0.2) is 23.2 Å². The van der Waals surface area contributed by atoms with Gasteiger partial charge in [0, 0.05) is 49.4 Å². The molecule has 0 fully saturated rings. The minimum Gasteiger partial charge on any atom is -0.309 e. The lowest BCUT2D eigenvalue weighted by atomic mass is 9.98. The largest absolute Gasteiger partial charge is 0.309 e. The highest BCUT2D eigenvalue weighted by Crippen LogP contribution is 2.42. The van der Waals surface area contributed by atoms with Crippen molar-refractivity contribution in [1.82, 2.24) is 24.1 Å². The van der Waals surface area contributed by atoms with Crippen molar-refractivity contribution < 1.29 is 0 Å². The number of hydrogen-bond acceptors (Lipinski definition) is 4. The van der Waals surface area contributed by atoms with Crippen molar-refractivity contribution in [3.05, 3.63) is 229 Å². The van der Waals surface area contributed by atoms with Crippen LogP contribution in [0.3, 0.4) is 0 Å². The van der Waals surface area contributed by atoms with Gasteiger partial charge in [0.2, 0.25) is 0 Å². The Bertz CT molecular complexity index is 3850. The van der Waals surface area contributed by atoms with E-state index in [1.165, 1.54) is 10.8 Å². The van der Waals surface area contributed by atoms with Gasteiger partial charge in [-0.2, -0.15) is 5.26 Å². The predicted octanol–water partition coefficient (Wildman–Crippen LogP) is 14.8. The third-order valence-corrected chi connectivity index (χ3v) is 12.4. The molecule has 0 radical (unpaired) electrons. The molecule has 7 heteroatoms. The summed E-state index contributed by atoms with van der Waals surface area (Å²) < 4.78 is 4.67. The zero-order valence-electron chi connectivity index (χ0n) is 35.3. The number of nitrogens with zero attached hydrogens (tertiary/aromatic N) is 7. The van der Waals surface area contributed by atoms with Gasteiger partial charge in [0.1, 0.15) is 0 Å². The van der Waals surface area contributed by atoms with Crippen LogP contribution in [-0.4, -0.2) is 24.1 Å². The number of rotatable bonds is 7. The molecule has 12 aromatic rings. The van der Waals surface area contributed by atoms with E-state index in [0.29, 0.717) is 28.7 Å². The minimum absolute atomic E-state index is 0.439. The van der Waals surface area contributed by atoms with Gasteiger partial charge in [0.05, 0.1) is 46.1 Å². The Morgan fingerprint density at radius 2 is 0.864 bits per heavy atom. The molecule has 0 saturated carbocycles. The van der Waals surface area contributed by atoms with Crippen LogP contribution in [0.25, 0.3) is 116 Å². The lowest BCUT2D eigenvalue weighted by Gasteiger charge is -2.18. The molecule has 3 aromatic heterocycles. The Balaban J connectivity index is 1.14. The van der Waals surface area contributed by atoms with E-state index in [1.54, 1.807) is 12.1 Å². The van der Waals surface area contributed by atoms with Crippen molar-refractivity contribution in [3.63, 3.8) is 0 Å². The fourth-order valence-corrected chi connectivity index (χ4v) is 9.44. The molecule has 7 nitrogen and oxygen atoms in total. The van der Waals surface area contributed by atoms with Crippen LogP contribution in [0.1, 0.15) is 5.56 Å². The molecule has 0 aliphatic heterocycles. The van der Waals surface area contributed by atoms with E-state index in [-0.39, 0.29) is 0 Å². The molecule has 0 amide bonds. The monoisotopic (exact) mass is 841 g/mol. The van der Waals surface area contributed by atoms with Crippen molar-refractivity contribution in [3.8, 4) is 73.9 Å². The van der Waals surface area contributed by atoms with E-state index in [2.05, 4.69) is 154 Å². The molecule has 0 aliphatic carbocycles. The molecular formula is C59H35N7. The molecule has 0 aliphatic rings.